The van der Waals surface area contributed by atoms with Crippen LogP contribution in [0.3, 0.4) is 0 Å². The van der Waals surface area contributed by atoms with E-state index in [2.05, 4.69) is 51.5 Å². The Labute approximate surface area is 242 Å². The Kier molecular flexibility index (Phi) is 9.31. The normalized spacial score (nSPS) is 17.8. The van der Waals surface area contributed by atoms with Gasteiger partial charge in [-0.05, 0) is 49.2 Å². The minimum Gasteiger partial charge on any atom is -0.495 e. The average Bonchev–Trinajstić information content (AvgIpc) is 3.32. The highest BCUT2D eigenvalue weighted by Gasteiger charge is 2.33. The zero-order valence-corrected chi connectivity index (χ0v) is 24.2. The summed E-state index contributed by atoms with van der Waals surface area (Å²) in [5.74, 6) is 6.13. The third kappa shape index (κ3) is 7.15. The molecule has 0 radical (unpaired) electrons. The topological polar surface area (TPSA) is 101 Å². The molecule has 1 aromatic heterocycles. The monoisotopic (exact) mass is 584 g/mol. The van der Waals surface area contributed by atoms with Crippen molar-refractivity contribution in [2.75, 3.05) is 46.2 Å². The van der Waals surface area contributed by atoms with Crippen LogP contribution in [0.1, 0.15) is 40.1 Å². The van der Waals surface area contributed by atoms with Crippen LogP contribution in [0.15, 0.2) is 36.7 Å². The predicted molar refractivity (Wildman–Crippen MR) is 155 cm³/mol. The van der Waals surface area contributed by atoms with Crippen molar-refractivity contribution in [3.05, 3.63) is 53.3 Å². The van der Waals surface area contributed by atoms with Gasteiger partial charge in [0.25, 0.3) is 11.8 Å². The van der Waals surface area contributed by atoms with E-state index in [0.717, 1.165) is 24.0 Å². The number of rotatable bonds is 7. The van der Waals surface area contributed by atoms with Crippen molar-refractivity contribution in [3.63, 3.8) is 0 Å². The fraction of sp³-hybridized carbons (Fsp3) is 0.433. The fourth-order valence-corrected chi connectivity index (χ4v) is 5.50. The van der Waals surface area contributed by atoms with Gasteiger partial charge in [-0.2, -0.15) is 13.2 Å². The number of fused-ring (bicyclic) bond motifs is 1. The van der Waals surface area contributed by atoms with Crippen LogP contribution in [0.4, 0.5) is 18.9 Å². The van der Waals surface area contributed by atoms with Crippen molar-refractivity contribution in [3.8, 4) is 17.6 Å². The Balaban J connectivity index is 1.63. The Hall–Kier alpha value is -4.24. The molecular formula is C30H35F3N6O3. The lowest BCUT2D eigenvalue weighted by atomic mass is 9.86. The molecule has 0 saturated carbocycles. The van der Waals surface area contributed by atoms with Gasteiger partial charge in [0.15, 0.2) is 0 Å². The van der Waals surface area contributed by atoms with Gasteiger partial charge in [0.1, 0.15) is 17.8 Å². The fourth-order valence-electron chi connectivity index (χ4n) is 5.50. The number of nitrogens with one attached hydrogen (secondary N) is 3. The molecule has 2 amide bonds. The van der Waals surface area contributed by atoms with Crippen LogP contribution in [0.2, 0.25) is 0 Å². The summed E-state index contributed by atoms with van der Waals surface area (Å²) < 4.78 is 46.2. The van der Waals surface area contributed by atoms with E-state index < -0.39 is 18.6 Å². The Bertz CT molecular complexity index is 1510. The molecule has 2 heterocycles. The van der Waals surface area contributed by atoms with E-state index >= 15 is 0 Å². The van der Waals surface area contributed by atoms with Crippen LogP contribution in [-0.2, 0) is 6.54 Å². The summed E-state index contributed by atoms with van der Waals surface area (Å²) in [6, 6.07) is 7.90. The van der Waals surface area contributed by atoms with Crippen LogP contribution >= 0.6 is 0 Å². The maximum atomic E-state index is 13.5. The molecule has 1 aliphatic rings. The molecule has 0 bridgehead atoms. The molecule has 4 rings (SSSR count). The number of hydrogen-bond acceptors (Lipinski definition) is 6. The number of halogens is 3. The van der Waals surface area contributed by atoms with Crippen LogP contribution in [0.5, 0.6) is 5.75 Å². The second kappa shape index (κ2) is 12.7. The largest absolute Gasteiger partial charge is 0.495 e. The molecule has 1 fully saturated rings. The molecule has 224 valence electrons. The number of benzene rings is 2. The summed E-state index contributed by atoms with van der Waals surface area (Å²) in [5, 5.41) is 8.78. The minimum absolute atomic E-state index is 0.0968. The molecule has 0 unspecified atom stereocenters. The predicted octanol–water partition coefficient (Wildman–Crippen LogP) is 3.75. The maximum Gasteiger partial charge on any atom is 0.406 e. The second-order valence-corrected chi connectivity index (χ2v) is 10.7. The first-order chi connectivity index (χ1) is 19.9. The number of methoxy groups -OCH3 is 1. The molecule has 1 saturated heterocycles. The molecule has 0 aliphatic carbocycles. The first kappa shape index (κ1) is 30.7. The van der Waals surface area contributed by atoms with Gasteiger partial charge in [-0.25, -0.2) is 4.98 Å². The molecule has 2 aromatic carbocycles. The number of anilines is 1. The number of ether oxygens (including phenoxy) is 1. The third-order valence-electron chi connectivity index (χ3n) is 7.33. The van der Waals surface area contributed by atoms with Crippen molar-refractivity contribution in [1.82, 2.24) is 25.1 Å². The molecule has 3 N–H and O–H groups in total. The third-order valence-corrected chi connectivity index (χ3v) is 7.33. The highest BCUT2D eigenvalue weighted by molar-refractivity contribution is 6.05. The van der Waals surface area contributed by atoms with Crippen molar-refractivity contribution in [1.29, 1.82) is 0 Å². The minimum atomic E-state index is -4.47. The van der Waals surface area contributed by atoms with Crippen molar-refractivity contribution < 1.29 is 27.5 Å². The lowest BCUT2D eigenvalue weighted by Gasteiger charge is -2.40. The Morgan fingerprint density at radius 3 is 2.48 bits per heavy atom. The van der Waals surface area contributed by atoms with E-state index in [1.165, 1.54) is 20.2 Å². The number of carbonyl (C=O) groups is 2. The number of piperidine rings is 1. The van der Waals surface area contributed by atoms with Crippen LogP contribution in [-0.4, -0.2) is 79.3 Å². The van der Waals surface area contributed by atoms with Gasteiger partial charge in [0.05, 0.1) is 36.7 Å². The average molecular weight is 585 g/mol. The molecule has 9 nitrogen and oxygen atoms in total. The van der Waals surface area contributed by atoms with Gasteiger partial charge in [0, 0.05) is 37.3 Å². The summed E-state index contributed by atoms with van der Waals surface area (Å²) in [4.78, 5) is 32.0. The van der Waals surface area contributed by atoms with Crippen molar-refractivity contribution in [2.45, 2.75) is 32.6 Å². The van der Waals surface area contributed by atoms with Gasteiger partial charge >= 0.3 is 6.18 Å². The highest BCUT2D eigenvalue weighted by Crippen LogP contribution is 2.27. The molecule has 3 aromatic rings. The number of alkyl halides is 3. The van der Waals surface area contributed by atoms with Crippen molar-refractivity contribution >= 4 is 28.5 Å². The molecule has 0 spiro atoms. The van der Waals surface area contributed by atoms with E-state index in [1.807, 2.05) is 7.05 Å². The van der Waals surface area contributed by atoms with Gasteiger partial charge in [0.2, 0.25) is 0 Å². The number of hydrogen-bond donors (Lipinski definition) is 3. The van der Waals surface area contributed by atoms with Gasteiger partial charge in [-0.1, -0.05) is 25.7 Å². The summed E-state index contributed by atoms with van der Waals surface area (Å²) in [6.45, 7) is 4.67. The van der Waals surface area contributed by atoms with Gasteiger partial charge in [-0.3, -0.25) is 9.59 Å². The zero-order valence-electron chi connectivity index (χ0n) is 24.2. The first-order valence-corrected chi connectivity index (χ1v) is 13.6. The van der Waals surface area contributed by atoms with Gasteiger partial charge < -0.3 is 30.2 Å². The molecule has 42 heavy (non-hydrogen) atoms. The number of imidazole rings is 1. The molecule has 1 aliphatic heterocycles. The van der Waals surface area contributed by atoms with E-state index in [1.54, 1.807) is 24.3 Å². The van der Waals surface area contributed by atoms with E-state index in [4.69, 9.17) is 4.74 Å². The lowest BCUT2D eigenvalue weighted by Crippen LogP contribution is -2.53. The SMILES string of the molecule is CNC(=O)c1ccc(OC)c(NCC#Cc2cc(C(=O)NC3[C@@H](C)CN(C)C[C@@H]3C)c3ncn(CC(F)(F)F)c3c2)c1. The molecule has 2 atom stereocenters. The van der Waals surface area contributed by atoms with Crippen LogP contribution < -0.4 is 20.7 Å². The Morgan fingerprint density at radius 2 is 1.83 bits per heavy atom. The quantitative estimate of drug-likeness (QED) is 0.366. The van der Waals surface area contributed by atoms with Crippen LogP contribution in [0, 0.1) is 23.7 Å². The number of likely N-dealkylation sites (tertiary alicyclic amines) is 1. The number of nitrogens with zero attached hydrogens (tertiary/aromatic N) is 3. The number of amides is 2. The van der Waals surface area contributed by atoms with Gasteiger partial charge in [-0.15, -0.1) is 0 Å². The van der Waals surface area contributed by atoms with E-state index in [0.29, 0.717) is 22.6 Å². The lowest BCUT2D eigenvalue weighted by molar-refractivity contribution is -0.139. The smallest absolute Gasteiger partial charge is 0.406 e. The molecular weight excluding hydrogens is 549 g/mol. The van der Waals surface area contributed by atoms with E-state index in [-0.39, 0.29) is 46.9 Å². The Morgan fingerprint density at radius 1 is 1.12 bits per heavy atom. The van der Waals surface area contributed by atoms with Crippen molar-refractivity contribution in [2.24, 2.45) is 11.8 Å². The summed E-state index contributed by atoms with van der Waals surface area (Å²) in [6.07, 6.45) is -3.37. The summed E-state index contributed by atoms with van der Waals surface area (Å²) in [7, 11) is 5.07. The number of carbonyl (C=O) groups excluding carboxylic acids is 2. The highest BCUT2D eigenvalue weighted by atomic mass is 19.4. The van der Waals surface area contributed by atoms with Crippen LogP contribution in [0.25, 0.3) is 11.0 Å². The standard InChI is InChI=1S/C30H35F3N6O3/c1-18-14-38(4)15-19(2)26(18)37-29(41)22-11-20(12-24-27(22)36-17-39(24)16-30(31,32)33)7-6-10-35-23-13-21(28(40)34-3)8-9-25(23)42-5/h8-9,11-13,17-19,26,35H,10,14-16H2,1-5H3,(H,34,40)(H,37,41)/t18-,19-/m0/s1. The summed E-state index contributed by atoms with van der Waals surface area (Å²) in [5.41, 5.74) is 1.87. The molecule has 12 heteroatoms. The van der Waals surface area contributed by atoms with E-state index in [9.17, 15) is 22.8 Å². The second-order valence-electron chi connectivity index (χ2n) is 10.7. The zero-order chi connectivity index (χ0) is 30.6. The number of aromatic nitrogens is 2. The maximum absolute atomic E-state index is 13.5. The first-order valence-electron chi connectivity index (χ1n) is 13.6. The summed E-state index contributed by atoms with van der Waals surface area (Å²) >= 11 is 0.